The van der Waals surface area contributed by atoms with Gasteiger partial charge in [0.1, 0.15) is 5.52 Å². The van der Waals surface area contributed by atoms with E-state index in [-0.39, 0.29) is 5.41 Å². The van der Waals surface area contributed by atoms with Gasteiger partial charge in [0.15, 0.2) is 12.0 Å². The van der Waals surface area contributed by atoms with Crippen molar-refractivity contribution in [1.82, 2.24) is 9.88 Å². The molecule has 0 bridgehead atoms. The van der Waals surface area contributed by atoms with Crippen LogP contribution < -0.4 is 0 Å². The number of fused-ring (bicyclic) bond motifs is 1. The van der Waals surface area contributed by atoms with Crippen LogP contribution in [0.5, 0.6) is 0 Å². The maximum Gasteiger partial charge on any atom is 0.181 e. The molecule has 0 unspecified atom stereocenters. The highest BCUT2D eigenvalue weighted by Gasteiger charge is 2.42. The number of aromatic nitrogens is 1. The van der Waals surface area contributed by atoms with Crippen molar-refractivity contribution < 1.29 is 9.52 Å². The molecule has 4 nitrogen and oxygen atoms in total. The van der Waals surface area contributed by atoms with Crippen molar-refractivity contribution >= 4 is 11.1 Å². The summed E-state index contributed by atoms with van der Waals surface area (Å²) < 4.78 is 5.30. The Balaban J connectivity index is 1.67. The maximum atomic E-state index is 9.34. The van der Waals surface area contributed by atoms with Crippen LogP contribution >= 0.6 is 0 Å². The summed E-state index contributed by atoms with van der Waals surface area (Å²) in [4.78, 5) is 6.37. The van der Waals surface area contributed by atoms with Crippen molar-refractivity contribution in [2.45, 2.75) is 19.4 Å². The van der Waals surface area contributed by atoms with Crippen LogP contribution in [0.1, 0.15) is 18.4 Å². The van der Waals surface area contributed by atoms with Crippen LogP contribution in [0.2, 0.25) is 0 Å². The van der Waals surface area contributed by atoms with Gasteiger partial charge in [0.25, 0.3) is 0 Å². The summed E-state index contributed by atoms with van der Waals surface area (Å²) in [6.45, 7) is 2.13. The molecule has 1 fully saturated rings. The number of hydrogen-bond acceptors (Lipinski definition) is 4. The lowest BCUT2D eigenvalue weighted by Gasteiger charge is -2.22. The summed E-state index contributed by atoms with van der Waals surface area (Å²) in [5.74, 6) is 0. The third-order valence-corrected chi connectivity index (χ3v) is 3.75. The minimum Gasteiger partial charge on any atom is -0.443 e. The molecule has 96 valence electrons. The minimum absolute atomic E-state index is 0.172. The third kappa shape index (κ3) is 2.26. The zero-order valence-corrected chi connectivity index (χ0v) is 10.6. The zero-order valence-electron chi connectivity index (χ0n) is 10.6. The second kappa shape index (κ2) is 4.37. The van der Waals surface area contributed by atoms with Gasteiger partial charge in [-0.15, -0.1) is 0 Å². The van der Waals surface area contributed by atoms with Gasteiger partial charge in [-0.3, -0.25) is 0 Å². The minimum atomic E-state index is 0.172. The number of nitrogens with zero attached hydrogens (tertiary/aromatic N) is 2. The molecular weight excluding hydrogens is 228 g/mol. The lowest BCUT2D eigenvalue weighted by molar-refractivity contribution is 0.161. The van der Waals surface area contributed by atoms with E-state index < -0.39 is 0 Å². The average Bonchev–Trinajstić information content (AvgIpc) is 2.97. The maximum absolute atomic E-state index is 9.34. The van der Waals surface area contributed by atoms with Crippen LogP contribution in [0.4, 0.5) is 0 Å². The Morgan fingerprint density at radius 3 is 3.00 bits per heavy atom. The summed E-state index contributed by atoms with van der Waals surface area (Å²) in [7, 11) is 2.10. The Morgan fingerprint density at radius 1 is 1.44 bits per heavy atom. The topological polar surface area (TPSA) is 49.5 Å². The van der Waals surface area contributed by atoms with E-state index in [0.29, 0.717) is 6.61 Å². The SMILES string of the molecule is CN(Cc1ccc2ncoc2c1)CC1(CO)CC1. The monoisotopic (exact) mass is 246 g/mol. The number of hydrogen-bond donors (Lipinski definition) is 1. The van der Waals surface area contributed by atoms with Crippen LogP contribution in [0, 0.1) is 5.41 Å². The summed E-state index contributed by atoms with van der Waals surface area (Å²) >= 11 is 0. The van der Waals surface area contributed by atoms with Crippen molar-refractivity contribution in [3.05, 3.63) is 30.2 Å². The van der Waals surface area contributed by atoms with Gasteiger partial charge in [-0.1, -0.05) is 6.07 Å². The molecule has 0 amide bonds. The fraction of sp³-hybridized carbons (Fsp3) is 0.500. The number of aliphatic hydroxyl groups excluding tert-OH is 1. The van der Waals surface area contributed by atoms with Crippen molar-refractivity contribution in [3.63, 3.8) is 0 Å². The molecule has 1 aromatic carbocycles. The Hall–Kier alpha value is -1.39. The molecule has 18 heavy (non-hydrogen) atoms. The van der Waals surface area contributed by atoms with E-state index in [1.165, 1.54) is 12.0 Å². The molecular formula is C14H18N2O2. The van der Waals surface area contributed by atoms with Crippen LogP contribution in [0.25, 0.3) is 11.1 Å². The van der Waals surface area contributed by atoms with Crippen molar-refractivity contribution in [2.75, 3.05) is 20.2 Å². The first-order valence-corrected chi connectivity index (χ1v) is 6.32. The second-order valence-corrected chi connectivity index (χ2v) is 5.48. The largest absolute Gasteiger partial charge is 0.443 e. The highest BCUT2D eigenvalue weighted by atomic mass is 16.3. The van der Waals surface area contributed by atoms with Crippen molar-refractivity contribution in [3.8, 4) is 0 Å². The molecule has 1 N–H and O–H groups in total. The Kier molecular flexibility index (Phi) is 2.84. The summed E-state index contributed by atoms with van der Waals surface area (Å²) in [6.07, 6.45) is 3.77. The fourth-order valence-corrected chi connectivity index (χ4v) is 2.48. The predicted octanol–water partition coefficient (Wildman–Crippen LogP) is 2.03. The first-order chi connectivity index (χ1) is 8.71. The molecule has 1 aliphatic rings. The normalized spacial score (nSPS) is 17.5. The van der Waals surface area contributed by atoms with E-state index in [0.717, 1.165) is 37.0 Å². The summed E-state index contributed by atoms with van der Waals surface area (Å²) in [5.41, 5.74) is 3.13. The van der Waals surface area contributed by atoms with E-state index in [1.807, 2.05) is 12.1 Å². The lowest BCUT2D eigenvalue weighted by atomic mass is 10.1. The highest BCUT2D eigenvalue weighted by Crippen LogP contribution is 2.45. The molecule has 0 atom stereocenters. The van der Waals surface area contributed by atoms with Gasteiger partial charge in [-0.05, 0) is 37.6 Å². The summed E-state index contributed by atoms with van der Waals surface area (Å²) in [6, 6.07) is 6.11. The lowest BCUT2D eigenvalue weighted by Crippen LogP contribution is -2.28. The van der Waals surface area contributed by atoms with Crippen molar-refractivity contribution in [1.29, 1.82) is 0 Å². The van der Waals surface area contributed by atoms with Gasteiger partial charge >= 0.3 is 0 Å². The van der Waals surface area contributed by atoms with Gasteiger partial charge < -0.3 is 14.4 Å². The Morgan fingerprint density at radius 2 is 2.28 bits per heavy atom. The average molecular weight is 246 g/mol. The predicted molar refractivity (Wildman–Crippen MR) is 69.1 cm³/mol. The van der Waals surface area contributed by atoms with E-state index in [1.54, 1.807) is 0 Å². The zero-order chi connectivity index (χ0) is 12.6. The fourth-order valence-electron chi connectivity index (χ4n) is 2.48. The standard InChI is InChI=1S/C14H18N2O2/c1-16(8-14(9-17)4-5-14)7-11-2-3-12-13(6-11)18-10-15-12/h2-3,6,10,17H,4-5,7-9H2,1H3. The van der Waals surface area contributed by atoms with E-state index >= 15 is 0 Å². The van der Waals surface area contributed by atoms with Gasteiger partial charge in [-0.2, -0.15) is 0 Å². The first-order valence-electron chi connectivity index (χ1n) is 6.32. The molecule has 1 aliphatic carbocycles. The summed E-state index contributed by atoms with van der Waals surface area (Å²) in [5, 5.41) is 9.34. The molecule has 1 heterocycles. The van der Waals surface area contributed by atoms with Gasteiger partial charge in [-0.25, -0.2) is 4.98 Å². The smallest absolute Gasteiger partial charge is 0.181 e. The molecule has 0 aliphatic heterocycles. The van der Waals surface area contributed by atoms with Crippen LogP contribution in [0.15, 0.2) is 29.0 Å². The molecule has 4 heteroatoms. The molecule has 1 aromatic heterocycles. The molecule has 0 saturated heterocycles. The molecule has 3 rings (SSSR count). The van der Waals surface area contributed by atoms with Crippen LogP contribution in [-0.4, -0.2) is 35.2 Å². The highest BCUT2D eigenvalue weighted by molar-refractivity contribution is 5.72. The molecule has 2 aromatic rings. The number of rotatable bonds is 5. The Bertz CT molecular complexity index is 545. The Labute approximate surface area is 106 Å². The van der Waals surface area contributed by atoms with Gasteiger partial charge in [0, 0.05) is 25.1 Å². The third-order valence-electron chi connectivity index (χ3n) is 3.75. The number of oxazole rings is 1. The van der Waals surface area contributed by atoms with Gasteiger partial charge in [0.2, 0.25) is 0 Å². The van der Waals surface area contributed by atoms with Crippen molar-refractivity contribution in [2.24, 2.45) is 5.41 Å². The van der Waals surface area contributed by atoms with E-state index in [2.05, 4.69) is 23.0 Å². The number of benzene rings is 1. The molecule has 0 spiro atoms. The van der Waals surface area contributed by atoms with Crippen LogP contribution in [-0.2, 0) is 6.54 Å². The quantitative estimate of drug-likeness (QED) is 0.877. The van der Waals surface area contributed by atoms with Crippen LogP contribution in [0.3, 0.4) is 0 Å². The van der Waals surface area contributed by atoms with Gasteiger partial charge in [0.05, 0.1) is 0 Å². The number of aliphatic hydroxyl groups is 1. The van der Waals surface area contributed by atoms with E-state index in [9.17, 15) is 5.11 Å². The first kappa shape index (κ1) is 11.7. The van der Waals surface area contributed by atoms with E-state index in [4.69, 9.17) is 4.42 Å². The molecule has 0 radical (unpaired) electrons. The second-order valence-electron chi connectivity index (χ2n) is 5.48. The molecule has 1 saturated carbocycles.